The standard InChI is InChI=1S/C25H20N4O3/c1-30-16-8-5-7-15(12-16)23-22-21(18(13-26)24(27)32-25(22)29-28-23)20-17-9-4-3-6-14(17)10-11-19(20)31-2/h3-12,21H,27H2,1-2H3,(H,28,29). The molecule has 3 N–H and O–H groups in total. The van der Waals surface area contributed by atoms with E-state index < -0.39 is 5.92 Å². The first-order valence-electron chi connectivity index (χ1n) is 10.0. The Morgan fingerprint density at radius 1 is 1.03 bits per heavy atom. The van der Waals surface area contributed by atoms with Crippen LogP contribution in [0.15, 0.2) is 72.1 Å². The highest BCUT2D eigenvalue weighted by molar-refractivity contribution is 5.90. The van der Waals surface area contributed by atoms with Crippen molar-refractivity contribution >= 4 is 10.8 Å². The second-order valence-electron chi connectivity index (χ2n) is 7.38. The summed E-state index contributed by atoms with van der Waals surface area (Å²) in [4.78, 5) is 0. The van der Waals surface area contributed by atoms with Gasteiger partial charge in [0.25, 0.3) is 0 Å². The van der Waals surface area contributed by atoms with Gasteiger partial charge in [-0.05, 0) is 29.0 Å². The molecule has 0 fully saturated rings. The molecule has 1 aliphatic heterocycles. The number of nitrogens with zero attached hydrogens (tertiary/aromatic N) is 2. The third kappa shape index (κ3) is 2.93. The summed E-state index contributed by atoms with van der Waals surface area (Å²) in [6.07, 6.45) is 0. The first kappa shape index (κ1) is 19.5. The third-order valence-corrected chi connectivity index (χ3v) is 5.74. The van der Waals surface area contributed by atoms with Gasteiger partial charge in [-0.1, -0.05) is 42.5 Å². The number of hydrogen-bond acceptors (Lipinski definition) is 6. The van der Waals surface area contributed by atoms with Crippen molar-refractivity contribution in [2.75, 3.05) is 14.2 Å². The van der Waals surface area contributed by atoms with Crippen LogP contribution in [0.4, 0.5) is 0 Å². The lowest BCUT2D eigenvalue weighted by molar-refractivity contribution is 0.375. The predicted molar refractivity (Wildman–Crippen MR) is 120 cm³/mol. The molecule has 0 amide bonds. The van der Waals surface area contributed by atoms with Crippen LogP contribution in [0.5, 0.6) is 17.4 Å². The molecular formula is C25H20N4O3. The Morgan fingerprint density at radius 2 is 1.88 bits per heavy atom. The van der Waals surface area contributed by atoms with Gasteiger partial charge in [0.15, 0.2) is 0 Å². The maximum atomic E-state index is 10.1. The molecule has 1 unspecified atom stereocenters. The van der Waals surface area contributed by atoms with Crippen molar-refractivity contribution in [2.24, 2.45) is 5.73 Å². The summed E-state index contributed by atoms with van der Waals surface area (Å²) in [5.41, 5.74) is 9.61. The van der Waals surface area contributed by atoms with Crippen LogP contribution in [0.1, 0.15) is 17.0 Å². The SMILES string of the molecule is COc1cccc(-c2[nH]nc3c2C(c2c(OC)ccc4ccccc24)C(C#N)=C(N)O3)c1. The van der Waals surface area contributed by atoms with Gasteiger partial charge in [0.1, 0.15) is 23.1 Å². The fourth-order valence-corrected chi connectivity index (χ4v) is 4.28. The summed E-state index contributed by atoms with van der Waals surface area (Å²) in [5, 5.41) is 19.5. The molecule has 32 heavy (non-hydrogen) atoms. The number of rotatable bonds is 4. The van der Waals surface area contributed by atoms with Crippen LogP contribution >= 0.6 is 0 Å². The molecule has 0 radical (unpaired) electrons. The van der Waals surface area contributed by atoms with Crippen molar-refractivity contribution in [2.45, 2.75) is 5.92 Å². The third-order valence-electron chi connectivity index (χ3n) is 5.74. The highest BCUT2D eigenvalue weighted by atomic mass is 16.5. The molecule has 7 nitrogen and oxygen atoms in total. The molecule has 4 aromatic rings. The minimum absolute atomic E-state index is 0.0312. The lowest BCUT2D eigenvalue weighted by Crippen LogP contribution is -2.21. The minimum atomic E-state index is -0.537. The number of nitriles is 1. The van der Waals surface area contributed by atoms with Gasteiger partial charge in [-0.15, -0.1) is 5.10 Å². The zero-order valence-electron chi connectivity index (χ0n) is 17.5. The number of allylic oxidation sites excluding steroid dienone is 1. The number of benzene rings is 3. The number of nitrogens with two attached hydrogens (primary N) is 1. The number of fused-ring (bicyclic) bond motifs is 2. The van der Waals surface area contributed by atoms with E-state index >= 15 is 0 Å². The fourth-order valence-electron chi connectivity index (χ4n) is 4.28. The van der Waals surface area contributed by atoms with Gasteiger partial charge in [0.05, 0.1) is 31.4 Å². The molecule has 1 aliphatic rings. The number of methoxy groups -OCH3 is 2. The number of ether oxygens (including phenoxy) is 3. The zero-order valence-corrected chi connectivity index (χ0v) is 17.5. The van der Waals surface area contributed by atoms with Crippen molar-refractivity contribution in [3.63, 3.8) is 0 Å². The topological polar surface area (TPSA) is 106 Å². The van der Waals surface area contributed by atoms with Crippen LogP contribution in [-0.4, -0.2) is 24.4 Å². The molecule has 3 aromatic carbocycles. The van der Waals surface area contributed by atoms with Gasteiger partial charge >= 0.3 is 0 Å². The predicted octanol–water partition coefficient (Wildman–Crippen LogP) is 4.47. The number of nitrogens with one attached hydrogen (secondary N) is 1. The molecule has 5 rings (SSSR count). The smallest absolute Gasteiger partial charge is 0.244 e. The lowest BCUT2D eigenvalue weighted by Gasteiger charge is -2.26. The maximum Gasteiger partial charge on any atom is 0.244 e. The van der Waals surface area contributed by atoms with Crippen molar-refractivity contribution < 1.29 is 14.2 Å². The van der Waals surface area contributed by atoms with Gasteiger partial charge in [-0.2, -0.15) is 5.26 Å². The zero-order chi connectivity index (χ0) is 22.2. The number of H-pyrrole nitrogens is 1. The van der Waals surface area contributed by atoms with Crippen molar-refractivity contribution in [3.05, 3.63) is 83.2 Å². The van der Waals surface area contributed by atoms with Gasteiger partial charge in [0.2, 0.25) is 11.8 Å². The highest BCUT2D eigenvalue weighted by Gasteiger charge is 2.38. The fraction of sp³-hybridized carbons (Fsp3) is 0.120. The van der Waals surface area contributed by atoms with Crippen LogP contribution < -0.4 is 19.9 Å². The van der Waals surface area contributed by atoms with E-state index in [0.29, 0.717) is 23.0 Å². The van der Waals surface area contributed by atoms with Gasteiger partial charge in [-0.25, -0.2) is 0 Å². The average molecular weight is 424 g/mol. The normalized spacial score (nSPS) is 15.1. The molecule has 0 aliphatic carbocycles. The second-order valence-corrected chi connectivity index (χ2v) is 7.38. The van der Waals surface area contributed by atoms with E-state index in [0.717, 1.165) is 33.2 Å². The second kappa shape index (κ2) is 7.67. The largest absolute Gasteiger partial charge is 0.497 e. The van der Waals surface area contributed by atoms with Gasteiger partial charge in [0, 0.05) is 11.1 Å². The van der Waals surface area contributed by atoms with Gasteiger partial charge in [-0.3, -0.25) is 5.10 Å². The van der Waals surface area contributed by atoms with E-state index in [4.69, 9.17) is 19.9 Å². The van der Waals surface area contributed by atoms with Crippen LogP contribution in [0, 0.1) is 11.3 Å². The van der Waals surface area contributed by atoms with Crippen LogP contribution in [0.3, 0.4) is 0 Å². The van der Waals surface area contributed by atoms with E-state index in [-0.39, 0.29) is 5.88 Å². The average Bonchev–Trinajstić information content (AvgIpc) is 3.26. The summed E-state index contributed by atoms with van der Waals surface area (Å²) in [6, 6.07) is 21.7. The number of aromatic amines is 1. The summed E-state index contributed by atoms with van der Waals surface area (Å²) < 4.78 is 16.9. The Kier molecular flexibility index (Phi) is 4.68. The Morgan fingerprint density at radius 3 is 2.66 bits per heavy atom. The first-order chi connectivity index (χ1) is 15.7. The Bertz CT molecular complexity index is 1410. The Balaban J connectivity index is 1.84. The van der Waals surface area contributed by atoms with Crippen molar-refractivity contribution in [3.8, 4) is 34.7 Å². The summed E-state index contributed by atoms with van der Waals surface area (Å²) in [6.45, 7) is 0. The van der Waals surface area contributed by atoms with Crippen LogP contribution in [0.2, 0.25) is 0 Å². The minimum Gasteiger partial charge on any atom is -0.497 e. The summed E-state index contributed by atoms with van der Waals surface area (Å²) in [7, 11) is 3.23. The monoisotopic (exact) mass is 424 g/mol. The molecule has 0 saturated carbocycles. The molecule has 1 aromatic heterocycles. The van der Waals surface area contributed by atoms with E-state index in [1.807, 2.05) is 60.7 Å². The highest BCUT2D eigenvalue weighted by Crippen LogP contribution is 2.50. The van der Waals surface area contributed by atoms with Crippen LogP contribution in [-0.2, 0) is 0 Å². The van der Waals surface area contributed by atoms with Gasteiger partial charge < -0.3 is 19.9 Å². The maximum absolute atomic E-state index is 10.1. The number of hydrogen-bond donors (Lipinski definition) is 2. The summed E-state index contributed by atoms with van der Waals surface area (Å²) in [5.74, 6) is 1.19. The molecular weight excluding hydrogens is 404 g/mol. The van der Waals surface area contributed by atoms with Crippen molar-refractivity contribution in [1.82, 2.24) is 10.2 Å². The molecule has 0 saturated heterocycles. The molecule has 7 heteroatoms. The molecule has 0 bridgehead atoms. The Labute approximate surface area is 184 Å². The first-order valence-corrected chi connectivity index (χ1v) is 10.0. The molecule has 0 spiro atoms. The summed E-state index contributed by atoms with van der Waals surface area (Å²) >= 11 is 0. The van der Waals surface area contributed by atoms with Crippen molar-refractivity contribution in [1.29, 1.82) is 5.26 Å². The number of aromatic nitrogens is 2. The molecule has 2 heterocycles. The molecule has 1 atom stereocenters. The quantitative estimate of drug-likeness (QED) is 0.501. The van der Waals surface area contributed by atoms with E-state index in [2.05, 4.69) is 16.3 Å². The Hall–Kier alpha value is -4.44. The van der Waals surface area contributed by atoms with Crippen LogP contribution in [0.25, 0.3) is 22.0 Å². The molecule has 158 valence electrons. The van der Waals surface area contributed by atoms with E-state index in [1.54, 1.807) is 14.2 Å². The van der Waals surface area contributed by atoms with E-state index in [1.165, 1.54) is 0 Å². The van der Waals surface area contributed by atoms with E-state index in [9.17, 15) is 5.26 Å². The lowest BCUT2D eigenvalue weighted by atomic mass is 9.80.